The molecule has 0 nitrogen and oxygen atoms in total. The summed E-state index contributed by atoms with van der Waals surface area (Å²) in [5.41, 5.74) is 3.27. The van der Waals surface area contributed by atoms with Gasteiger partial charge in [0.05, 0.1) is 0 Å². The fourth-order valence-corrected chi connectivity index (χ4v) is 10.2. The van der Waals surface area contributed by atoms with Gasteiger partial charge in [0.15, 0.2) is 0 Å². The zero-order chi connectivity index (χ0) is 16.9. The molecule has 0 saturated heterocycles. The summed E-state index contributed by atoms with van der Waals surface area (Å²) >= 11 is 0. The molecule has 1 heteroatoms. The van der Waals surface area contributed by atoms with E-state index in [1.165, 1.54) is 64.2 Å². The molecule has 3 fully saturated rings. The van der Waals surface area contributed by atoms with Gasteiger partial charge in [-0.1, -0.05) is 39.8 Å². The SMILES string of the molecule is C=CC1CCC(P(C2CCC(C)CC2)C2CCC(C=C)CC2)CC1. The van der Waals surface area contributed by atoms with Crippen LogP contribution in [0.25, 0.3) is 0 Å². The Bertz CT molecular complexity index is 362. The molecule has 3 aliphatic carbocycles. The Hall–Kier alpha value is -0.0900. The summed E-state index contributed by atoms with van der Waals surface area (Å²) in [6.07, 6.45) is 22.3. The molecule has 0 aliphatic heterocycles. The lowest BCUT2D eigenvalue weighted by Crippen LogP contribution is -2.31. The Kier molecular flexibility index (Phi) is 7.03. The van der Waals surface area contributed by atoms with Crippen molar-refractivity contribution in [1.29, 1.82) is 0 Å². The minimum atomic E-state index is 0.249. The van der Waals surface area contributed by atoms with Gasteiger partial charge in [-0.25, -0.2) is 0 Å². The molecule has 136 valence electrons. The van der Waals surface area contributed by atoms with Crippen LogP contribution < -0.4 is 0 Å². The van der Waals surface area contributed by atoms with Crippen molar-refractivity contribution in [2.45, 2.75) is 101 Å². The van der Waals surface area contributed by atoms with E-state index in [1.807, 2.05) is 0 Å². The second-order valence-electron chi connectivity index (χ2n) is 8.97. The molecule has 3 saturated carbocycles. The molecule has 0 radical (unpaired) electrons. The Balaban J connectivity index is 1.67. The van der Waals surface area contributed by atoms with Gasteiger partial charge in [0.1, 0.15) is 0 Å². The van der Waals surface area contributed by atoms with Gasteiger partial charge in [0.2, 0.25) is 0 Å². The second-order valence-corrected chi connectivity index (χ2v) is 12.1. The summed E-state index contributed by atoms with van der Waals surface area (Å²) < 4.78 is 0. The van der Waals surface area contributed by atoms with E-state index in [0.717, 1.165) is 34.7 Å². The van der Waals surface area contributed by atoms with Crippen LogP contribution in [-0.2, 0) is 0 Å². The Labute approximate surface area is 152 Å². The highest BCUT2D eigenvalue weighted by Gasteiger charge is 2.38. The topological polar surface area (TPSA) is 0 Å². The summed E-state index contributed by atoms with van der Waals surface area (Å²) in [6.45, 7) is 10.6. The molecule has 0 atom stereocenters. The summed E-state index contributed by atoms with van der Waals surface area (Å²) in [5.74, 6) is 2.63. The Morgan fingerprint density at radius 3 is 1.25 bits per heavy atom. The van der Waals surface area contributed by atoms with Crippen molar-refractivity contribution < 1.29 is 0 Å². The van der Waals surface area contributed by atoms with Crippen molar-refractivity contribution in [3.63, 3.8) is 0 Å². The maximum absolute atomic E-state index is 4.06. The van der Waals surface area contributed by atoms with Gasteiger partial charge in [0, 0.05) is 0 Å². The first-order valence-electron chi connectivity index (χ1n) is 10.7. The van der Waals surface area contributed by atoms with E-state index in [9.17, 15) is 0 Å². The zero-order valence-corrected chi connectivity index (χ0v) is 16.9. The smallest absolute Gasteiger partial charge is 0.0204 e. The van der Waals surface area contributed by atoms with Crippen molar-refractivity contribution in [1.82, 2.24) is 0 Å². The molecule has 0 aromatic carbocycles. The third kappa shape index (κ3) is 4.55. The van der Waals surface area contributed by atoms with E-state index in [0.29, 0.717) is 0 Å². The first-order chi connectivity index (χ1) is 11.7. The molecule has 0 unspecified atom stereocenters. The van der Waals surface area contributed by atoms with Gasteiger partial charge in [-0.2, -0.15) is 0 Å². The van der Waals surface area contributed by atoms with E-state index in [4.69, 9.17) is 0 Å². The van der Waals surface area contributed by atoms with Gasteiger partial charge in [-0.05, 0) is 98.9 Å². The van der Waals surface area contributed by atoms with Crippen molar-refractivity contribution >= 4 is 7.92 Å². The van der Waals surface area contributed by atoms with Crippen LogP contribution in [0.15, 0.2) is 25.3 Å². The van der Waals surface area contributed by atoms with E-state index in [-0.39, 0.29) is 7.92 Å². The predicted molar refractivity (Wildman–Crippen MR) is 110 cm³/mol. The normalized spacial score (nSPS) is 42.2. The van der Waals surface area contributed by atoms with Crippen molar-refractivity contribution in [2.24, 2.45) is 17.8 Å². The maximum atomic E-state index is 4.06. The van der Waals surface area contributed by atoms with E-state index >= 15 is 0 Å². The van der Waals surface area contributed by atoms with Crippen LogP contribution in [0.3, 0.4) is 0 Å². The molecule has 0 amide bonds. The third-order valence-corrected chi connectivity index (χ3v) is 11.5. The number of rotatable bonds is 5. The fourth-order valence-electron chi connectivity index (χ4n) is 5.71. The highest BCUT2D eigenvalue weighted by atomic mass is 31.1. The minimum absolute atomic E-state index is 0.249. The average Bonchev–Trinajstić information content (AvgIpc) is 2.64. The first-order valence-corrected chi connectivity index (χ1v) is 12.3. The predicted octanol–water partition coefficient (Wildman–Crippen LogP) is 7.54. The number of allylic oxidation sites excluding steroid dienone is 2. The number of hydrogen-bond donors (Lipinski definition) is 0. The maximum Gasteiger partial charge on any atom is -0.0204 e. The van der Waals surface area contributed by atoms with E-state index < -0.39 is 0 Å². The van der Waals surface area contributed by atoms with Gasteiger partial charge < -0.3 is 0 Å². The van der Waals surface area contributed by atoms with Crippen molar-refractivity contribution in [2.75, 3.05) is 0 Å². The average molecular weight is 347 g/mol. The zero-order valence-electron chi connectivity index (χ0n) is 16.0. The molecular weight excluding hydrogens is 307 g/mol. The summed E-state index contributed by atoms with van der Waals surface area (Å²) in [6, 6.07) is 0. The lowest BCUT2D eigenvalue weighted by molar-refractivity contribution is 0.372. The summed E-state index contributed by atoms with van der Waals surface area (Å²) in [7, 11) is 0.249. The molecule has 0 N–H and O–H groups in total. The van der Waals surface area contributed by atoms with E-state index in [1.54, 1.807) is 12.8 Å². The third-order valence-electron chi connectivity index (χ3n) is 7.40. The quantitative estimate of drug-likeness (QED) is 0.356. The highest BCUT2D eigenvalue weighted by molar-refractivity contribution is 7.60. The molecule has 0 aromatic rings. The number of hydrogen-bond acceptors (Lipinski definition) is 0. The second kappa shape index (κ2) is 9.02. The van der Waals surface area contributed by atoms with Crippen LogP contribution in [-0.4, -0.2) is 17.0 Å². The van der Waals surface area contributed by atoms with Crippen molar-refractivity contribution in [3.8, 4) is 0 Å². The standard InChI is InChI=1S/C23H39P/c1-4-19-8-14-22(15-9-19)24(21-12-6-18(3)7-13-21)23-16-10-20(5-2)11-17-23/h4-5,18-23H,1-2,6-17H2,3H3. The van der Waals surface area contributed by atoms with Crippen molar-refractivity contribution in [3.05, 3.63) is 25.3 Å². The monoisotopic (exact) mass is 346 g/mol. The molecule has 0 bridgehead atoms. The first kappa shape index (κ1) is 18.7. The molecule has 24 heavy (non-hydrogen) atoms. The van der Waals surface area contributed by atoms with Crippen LogP contribution in [0.2, 0.25) is 0 Å². The van der Waals surface area contributed by atoms with Gasteiger partial charge in [0.25, 0.3) is 0 Å². The molecule has 3 aliphatic rings. The summed E-state index contributed by atoms with van der Waals surface area (Å²) in [5, 5.41) is 0. The molecule has 0 spiro atoms. The van der Waals surface area contributed by atoms with Crippen LogP contribution in [0.1, 0.15) is 84.0 Å². The van der Waals surface area contributed by atoms with Crippen LogP contribution in [0.4, 0.5) is 0 Å². The van der Waals surface area contributed by atoms with E-state index in [2.05, 4.69) is 32.2 Å². The lowest BCUT2D eigenvalue weighted by atomic mass is 9.88. The van der Waals surface area contributed by atoms with Crippen LogP contribution in [0, 0.1) is 17.8 Å². The fraction of sp³-hybridized carbons (Fsp3) is 0.826. The van der Waals surface area contributed by atoms with Crippen LogP contribution in [0.5, 0.6) is 0 Å². The molecule has 3 rings (SSSR count). The molecule has 0 aromatic heterocycles. The molecule has 0 heterocycles. The lowest BCUT2D eigenvalue weighted by Gasteiger charge is -2.46. The van der Waals surface area contributed by atoms with Gasteiger partial charge >= 0.3 is 0 Å². The molecular formula is C23H39P. The highest BCUT2D eigenvalue weighted by Crippen LogP contribution is 2.62. The Morgan fingerprint density at radius 1 is 0.583 bits per heavy atom. The van der Waals surface area contributed by atoms with Gasteiger partial charge in [-0.15, -0.1) is 13.2 Å². The Morgan fingerprint density at radius 2 is 0.917 bits per heavy atom. The largest absolute Gasteiger partial charge is 0.103 e. The van der Waals surface area contributed by atoms with Gasteiger partial charge in [-0.3, -0.25) is 0 Å². The van der Waals surface area contributed by atoms with Crippen LogP contribution >= 0.6 is 7.92 Å². The minimum Gasteiger partial charge on any atom is -0.103 e. The summed E-state index contributed by atoms with van der Waals surface area (Å²) in [4.78, 5) is 0.